The lowest BCUT2D eigenvalue weighted by molar-refractivity contribution is -0.384. The number of nitrogens with zero attached hydrogens (tertiary/aromatic N) is 4. The molecule has 29 heavy (non-hydrogen) atoms. The smallest absolute Gasteiger partial charge is 0.364 e. The molecule has 0 aliphatic heterocycles. The highest BCUT2D eigenvalue weighted by molar-refractivity contribution is 8.13. The molecule has 2 rings (SSSR count). The topological polar surface area (TPSA) is 129 Å². The number of aliphatic hydroxyl groups is 1. The summed E-state index contributed by atoms with van der Waals surface area (Å²) in [6.07, 6.45) is -0.766. The van der Waals surface area contributed by atoms with Crippen molar-refractivity contribution in [3.05, 3.63) is 58.1 Å². The van der Waals surface area contributed by atoms with Gasteiger partial charge in [0.2, 0.25) is 0 Å². The summed E-state index contributed by atoms with van der Waals surface area (Å²) >= 11 is 0.675. The number of aliphatic hydroxyl groups excluding tert-OH is 1. The zero-order chi connectivity index (χ0) is 21.4. The van der Waals surface area contributed by atoms with Gasteiger partial charge in [0, 0.05) is 36.7 Å². The highest BCUT2D eigenvalue weighted by Crippen LogP contribution is 2.27. The molecule has 1 unspecified atom stereocenters. The molecule has 2 aromatic carbocycles. The SMILES string of the molecule is CCN(CC(O)CSC(=O)O)c1ccc(N=Nc2ccc([N+](=O)[O-])cc2)c(C)c1. The number of nitro benzene ring substituents is 1. The van der Waals surface area contributed by atoms with E-state index < -0.39 is 16.3 Å². The number of aryl methyl sites for hydroxylation is 1. The van der Waals surface area contributed by atoms with Crippen LogP contribution in [0.15, 0.2) is 52.7 Å². The molecule has 0 aliphatic carbocycles. The summed E-state index contributed by atoms with van der Waals surface area (Å²) in [4.78, 5) is 22.8. The van der Waals surface area contributed by atoms with E-state index in [0.717, 1.165) is 11.3 Å². The van der Waals surface area contributed by atoms with Crippen molar-refractivity contribution in [2.24, 2.45) is 10.2 Å². The van der Waals surface area contributed by atoms with Gasteiger partial charge in [-0.1, -0.05) is 0 Å². The zero-order valence-electron chi connectivity index (χ0n) is 16.1. The third kappa shape index (κ3) is 6.84. The monoisotopic (exact) mass is 418 g/mol. The van der Waals surface area contributed by atoms with Crippen LogP contribution >= 0.6 is 11.8 Å². The van der Waals surface area contributed by atoms with Crippen LogP contribution in [0, 0.1) is 17.0 Å². The fraction of sp³-hybridized carbons (Fsp3) is 0.316. The molecule has 0 saturated heterocycles. The van der Waals surface area contributed by atoms with Gasteiger partial charge in [-0.25, -0.2) is 4.79 Å². The van der Waals surface area contributed by atoms with E-state index in [9.17, 15) is 20.0 Å². The molecule has 9 nitrogen and oxygen atoms in total. The Labute approximate surface area is 172 Å². The molecule has 0 radical (unpaired) electrons. The van der Waals surface area contributed by atoms with Crippen molar-refractivity contribution in [1.82, 2.24) is 0 Å². The average molecular weight is 418 g/mol. The number of thioether (sulfide) groups is 1. The first kappa shape index (κ1) is 22.3. The second kappa shape index (κ2) is 10.5. The first-order valence-electron chi connectivity index (χ1n) is 8.85. The van der Waals surface area contributed by atoms with Crippen LogP contribution in [0.25, 0.3) is 0 Å². The summed E-state index contributed by atoms with van der Waals surface area (Å²) in [6.45, 7) is 4.81. The van der Waals surface area contributed by atoms with Gasteiger partial charge >= 0.3 is 5.30 Å². The summed E-state index contributed by atoms with van der Waals surface area (Å²) in [5.41, 5.74) is 2.92. The lowest BCUT2D eigenvalue weighted by Crippen LogP contribution is -2.33. The summed E-state index contributed by atoms with van der Waals surface area (Å²) in [5.74, 6) is 0.117. The van der Waals surface area contributed by atoms with Gasteiger partial charge in [-0.2, -0.15) is 10.2 Å². The molecule has 0 fully saturated rings. The van der Waals surface area contributed by atoms with Crippen LogP contribution in [0.3, 0.4) is 0 Å². The molecule has 2 N–H and O–H groups in total. The summed E-state index contributed by atoms with van der Waals surface area (Å²) in [5, 5.41) is 36.7. The highest BCUT2D eigenvalue weighted by Gasteiger charge is 2.14. The normalized spacial score (nSPS) is 12.1. The predicted octanol–water partition coefficient (Wildman–Crippen LogP) is 4.92. The molecule has 2 aromatic rings. The van der Waals surface area contributed by atoms with E-state index in [-0.39, 0.29) is 11.4 Å². The Bertz CT molecular complexity index is 889. The minimum absolute atomic E-state index is 0.00640. The first-order valence-corrected chi connectivity index (χ1v) is 9.84. The number of benzene rings is 2. The van der Waals surface area contributed by atoms with E-state index in [1.165, 1.54) is 24.3 Å². The second-order valence-corrected chi connectivity index (χ2v) is 7.18. The molecule has 0 aliphatic rings. The second-order valence-electron chi connectivity index (χ2n) is 6.21. The number of azo groups is 1. The van der Waals surface area contributed by atoms with Crippen LogP contribution in [0.1, 0.15) is 12.5 Å². The first-order chi connectivity index (χ1) is 13.8. The molecule has 1 atom stereocenters. The van der Waals surface area contributed by atoms with E-state index in [4.69, 9.17) is 5.11 Å². The van der Waals surface area contributed by atoms with Crippen LogP contribution in [-0.2, 0) is 0 Å². The van der Waals surface area contributed by atoms with Gasteiger partial charge in [0.05, 0.1) is 22.4 Å². The molecule has 0 aromatic heterocycles. The Hall–Kier alpha value is -2.98. The number of hydrogen-bond donors (Lipinski definition) is 2. The molecular formula is C19H22N4O5S. The molecule has 154 valence electrons. The Morgan fingerprint density at radius 2 is 1.93 bits per heavy atom. The largest absolute Gasteiger partial charge is 0.473 e. The van der Waals surface area contributed by atoms with Crippen LogP contribution in [-0.4, -0.2) is 45.4 Å². The van der Waals surface area contributed by atoms with Gasteiger partial charge < -0.3 is 15.1 Å². The van der Waals surface area contributed by atoms with Gasteiger partial charge in [0.1, 0.15) is 0 Å². The van der Waals surface area contributed by atoms with E-state index >= 15 is 0 Å². The molecule has 0 spiro atoms. The lowest BCUT2D eigenvalue weighted by atomic mass is 10.1. The van der Waals surface area contributed by atoms with Gasteiger partial charge in [0.15, 0.2) is 0 Å². The molecule has 0 bridgehead atoms. The Morgan fingerprint density at radius 1 is 1.24 bits per heavy atom. The molecular weight excluding hydrogens is 396 g/mol. The van der Waals surface area contributed by atoms with Gasteiger partial charge in [-0.3, -0.25) is 10.1 Å². The zero-order valence-corrected chi connectivity index (χ0v) is 16.9. The maximum atomic E-state index is 10.7. The van der Waals surface area contributed by atoms with Crippen molar-refractivity contribution in [3.8, 4) is 0 Å². The van der Waals surface area contributed by atoms with Crippen LogP contribution in [0.5, 0.6) is 0 Å². The van der Waals surface area contributed by atoms with Crippen molar-refractivity contribution in [2.45, 2.75) is 20.0 Å². The Kier molecular flexibility index (Phi) is 8.10. The molecule has 0 amide bonds. The van der Waals surface area contributed by atoms with E-state index in [0.29, 0.717) is 36.2 Å². The minimum Gasteiger partial charge on any atom is -0.473 e. The summed E-state index contributed by atoms with van der Waals surface area (Å²) < 4.78 is 0. The van der Waals surface area contributed by atoms with Gasteiger partial charge in [-0.15, -0.1) is 0 Å². The summed E-state index contributed by atoms with van der Waals surface area (Å²) in [7, 11) is 0. The van der Waals surface area contributed by atoms with Gasteiger partial charge in [-0.05, 0) is 61.5 Å². The lowest BCUT2D eigenvalue weighted by Gasteiger charge is -2.26. The van der Waals surface area contributed by atoms with E-state index in [1.807, 2.05) is 30.9 Å². The van der Waals surface area contributed by atoms with Crippen molar-refractivity contribution in [1.29, 1.82) is 0 Å². The molecule has 0 heterocycles. The van der Waals surface area contributed by atoms with Crippen molar-refractivity contribution in [3.63, 3.8) is 0 Å². The molecule has 10 heteroatoms. The minimum atomic E-state index is -1.01. The van der Waals surface area contributed by atoms with Crippen molar-refractivity contribution in [2.75, 3.05) is 23.7 Å². The Balaban J connectivity index is 2.07. The van der Waals surface area contributed by atoms with Crippen molar-refractivity contribution >= 4 is 39.8 Å². The fourth-order valence-electron chi connectivity index (χ4n) is 2.59. The third-order valence-electron chi connectivity index (χ3n) is 4.09. The maximum absolute atomic E-state index is 10.7. The average Bonchev–Trinajstić information content (AvgIpc) is 2.69. The van der Waals surface area contributed by atoms with Crippen molar-refractivity contribution < 1.29 is 19.9 Å². The number of likely N-dealkylation sites (N-methyl/N-ethyl adjacent to an activating group) is 1. The van der Waals surface area contributed by atoms with E-state index in [1.54, 1.807) is 6.07 Å². The maximum Gasteiger partial charge on any atom is 0.364 e. The summed E-state index contributed by atoms with van der Waals surface area (Å²) in [6, 6.07) is 11.4. The number of carbonyl (C=O) groups is 1. The number of nitro groups is 1. The number of anilines is 1. The number of carboxylic acid groups (broad SMARTS) is 1. The fourth-order valence-corrected chi connectivity index (χ4v) is 3.03. The van der Waals surface area contributed by atoms with Crippen LogP contribution in [0.4, 0.5) is 27.5 Å². The highest BCUT2D eigenvalue weighted by atomic mass is 32.2. The predicted molar refractivity (Wildman–Crippen MR) is 113 cm³/mol. The quantitative estimate of drug-likeness (QED) is 0.336. The number of rotatable bonds is 9. The van der Waals surface area contributed by atoms with Gasteiger partial charge in [0.25, 0.3) is 5.69 Å². The van der Waals surface area contributed by atoms with Crippen LogP contribution in [0.2, 0.25) is 0 Å². The number of non-ortho nitro benzene ring substituents is 1. The Morgan fingerprint density at radius 3 is 2.48 bits per heavy atom. The molecule has 0 saturated carbocycles. The number of hydrogen-bond acceptors (Lipinski definition) is 8. The van der Waals surface area contributed by atoms with E-state index in [2.05, 4.69) is 10.2 Å². The van der Waals surface area contributed by atoms with Crippen LogP contribution < -0.4 is 4.90 Å². The third-order valence-corrected chi connectivity index (χ3v) is 4.89. The standard InChI is InChI=1S/C19H22N4O5S/c1-3-22(11-17(24)12-29-19(25)26)16-8-9-18(13(2)10-16)21-20-14-4-6-15(7-5-14)23(27)28/h4-10,17,24H,3,11-12H2,1-2H3,(H,25,26).